The molecule has 2 N–H and O–H groups in total. The average Bonchev–Trinajstić information content (AvgIpc) is 2.62. The van der Waals surface area contributed by atoms with Crippen molar-refractivity contribution in [2.24, 2.45) is 0 Å². The summed E-state index contributed by atoms with van der Waals surface area (Å²) in [6.45, 7) is 2.36. The van der Waals surface area contributed by atoms with Crippen molar-refractivity contribution in [1.82, 2.24) is 10.6 Å². The van der Waals surface area contributed by atoms with E-state index in [2.05, 4.69) is 31.3 Å². The van der Waals surface area contributed by atoms with E-state index in [0.717, 1.165) is 10.5 Å². The van der Waals surface area contributed by atoms with Crippen LogP contribution in [-0.4, -0.2) is 31.7 Å². The number of alkyl carbamates (subject to hydrolysis) is 1. The first-order valence-electron chi connectivity index (χ1n) is 7.91. The van der Waals surface area contributed by atoms with E-state index in [1.807, 2.05) is 0 Å². The Bertz CT molecular complexity index is 768. The summed E-state index contributed by atoms with van der Waals surface area (Å²) in [5.74, 6) is -0.600. The van der Waals surface area contributed by atoms with Gasteiger partial charge in [0, 0.05) is 23.1 Å². The van der Waals surface area contributed by atoms with E-state index in [1.54, 1.807) is 31.2 Å². The molecule has 0 fully saturated rings. The zero-order valence-electron chi connectivity index (χ0n) is 14.1. The van der Waals surface area contributed by atoms with E-state index in [9.17, 15) is 14.0 Å². The monoisotopic (exact) mass is 424 g/mol. The summed E-state index contributed by atoms with van der Waals surface area (Å²) in [6.07, 6.45) is -0.553. The van der Waals surface area contributed by atoms with Crippen molar-refractivity contribution in [3.8, 4) is 11.5 Å². The van der Waals surface area contributed by atoms with Crippen LogP contribution in [0.25, 0.3) is 0 Å². The molecule has 2 amide bonds. The van der Waals surface area contributed by atoms with Crippen LogP contribution in [-0.2, 0) is 4.74 Å². The molecule has 0 aliphatic carbocycles. The van der Waals surface area contributed by atoms with Crippen LogP contribution < -0.4 is 15.4 Å². The van der Waals surface area contributed by atoms with Crippen molar-refractivity contribution in [2.45, 2.75) is 6.92 Å². The first kappa shape index (κ1) is 19.7. The molecule has 0 saturated carbocycles. The molecule has 2 aromatic carbocycles. The van der Waals surface area contributed by atoms with Crippen molar-refractivity contribution in [3.05, 3.63) is 58.3 Å². The highest BCUT2D eigenvalue weighted by molar-refractivity contribution is 9.10. The molecule has 0 aliphatic heterocycles. The molecule has 138 valence electrons. The average molecular weight is 425 g/mol. The summed E-state index contributed by atoms with van der Waals surface area (Å²) >= 11 is 3.31. The van der Waals surface area contributed by atoms with Gasteiger partial charge in [0.1, 0.15) is 5.75 Å². The number of carbonyl (C=O) groups excluding carboxylic acids is 2. The Labute approximate surface area is 158 Å². The Morgan fingerprint density at radius 1 is 1.08 bits per heavy atom. The molecule has 0 saturated heterocycles. The fourth-order valence-electron chi connectivity index (χ4n) is 1.98. The van der Waals surface area contributed by atoms with Crippen LogP contribution in [0.1, 0.15) is 17.3 Å². The summed E-state index contributed by atoms with van der Waals surface area (Å²) < 4.78 is 25.2. The van der Waals surface area contributed by atoms with Gasteiger partial charge in [0.25, 0.3) is 5.91 Å². The lowest BCUT2D eigenvalue weighted by Crippen LogP contribution is -2.35. The van der Waals surface area contributed by atoms with Crippen LogP contribution in [0.2, 0.25) is 0 Å². The topological polar surface area (TPSA) is 76.7 Å². The number of hydrogen-bond donors (Lipinski definition) is 2. The van der Waals surface area contributed by atoms with Gasteiger partial charge >= 0.3 is 6.09 Å². The van der Waals surface area contributed by atoms with E-state index in [0.29, 0.717) is 5.75 Å². The van der Waals surface area contributed by atoms with E-state index in [-0.39, 0.29) is 31.0 Å². The molecule has 0 bridgehead atoms. The lowest BCUT2D eigenvalue weighted by atomic mass is 10.2. The molecule has 2 rings (SSSR count). The van der Waals surface area contributed by atoms with Crippen molar-refractivity contribution in [2.75, 3.05) is 19.7 Å². The fraction of sp³-hybridized carbons (Fsp3) is 0.222. The minimum absolute atomic E-state index is 0.0212. The Kier molecular flexibility index (Phi) is 7.40. The normalized spacial score (nSPS) is 10.1. The Morgan fingerprint density at radius 2 is 1.77 bits per heavy atom. The summed E-state index contributed by atoms with van der Waals surface area (Å²) in [4.78, 5) is 23.1. The predicted octanol–water partition coefficient (Wildman–Crippen LogP) is 3.86. The molecule has 0 aliphatic rings. The summed E-state index contributed by atoms with van der Waals surface area (Å²) in [5, 5.41) is 5.05. The highest BCUT2D eigenvalue weighted by Gasteiger charge is 2.11. The van der Waals surface area contributed by atoms with E-state index >= 15 is 0 Å². The van der Waals surface area contributed by atoms with Crippen LogP contribution in [0, 0.1) is 5.82 Å². The van der Waals surface area contributed by atoms with Gasteiger partial charge in [-0.15, -0.1) is 0 Å². The molecule has 0 spiro atoms. The SMILES string of the molecule is CCOC(=O)NCCNC(=O)c1ccc(Oc2ccc(Br)cc2)c(F)c1. The van der Waals surface area contributed by atoms with Gasteiger partial charge in [-0.2, -0.15) is 0 Å². The third kappa shape index (κ3) is 6.03. The molecule has 6 nitrogen and oxygen atoms in total. The van der Waals surface area contributed by atoms with Gasteiger partial charge in [-0.25, -0.2) is 9.18 Å². The first-order chi connectivity index (χ1) is 12.5. The van der Waals surface area contributed by atoms with Crippen molar-refractivity contribution in [3.63, 3.8) is 0 Å². The second-order valence-corrected chi connectivity index (χ2v) is 6.02. The van der Waals surface area contributed by atoms with Crippen molar-refractivity contribution < 1.29 is 23.5 Å². The molecular weight excluding hydrogens is 407 g/mol. The molecule has 0 aromatic heterocycles. The number of halogens is 2. The zero-order valence-corrected chi connectivity index (χ0v) is 15.6. The van der Waals surface area contributed by atoms with Gasteiger partial charge in [0.05, 0.1) is 6.61 Å². The molecule has 26 heavy (non-hydrogen) atoms. The van der Waals surface area contributed by atoms with Gasteiger partial charge in [0.2, 0.25) is 0 Å². The predicted molar refractivity (Wildman–Crippen MR) is 98.0 cm³/mol. The largest absolute Gasteiger partial charge is 0.454 e. The number of benzene rings is 2. The van der Waals surface area contributed by atoms with E-state index in [4.69, 9.17) is 4.74 Å². The lowest BCUT2D eigenvalue weighted by Gasteiger charge is -2.09. The quantitative estimate of drug-likeness (QED) is 0.661. The van der Waals surface area contributed by atoms with Crippen molar-refractivity contribution in [1.29, 1.82) is 0 Å². The maximum atomic E-state index is 14.2. The van der Waals surface area contributed by atoms with Crippen LogP contribution in [0.15, 0.2) is 46.9 Å². The van der Waals surface area contributed by atoms with E-state index in [1.165, 1.54) is 12.1 Å². The second kappa shape index (κ2) is 9.76. The summed E-state index contributed by atoms with van der Waals surface area (Å²) in [6, 6.07) is 10.9. The highest BCUT2D eigenvalue weighted by atomic mass is 79.9. The number of rotatable bonds is 7. The van der Waals surface area contributed by atoms with Gasteiger partial charge in [-0.05, 0) is 49.4 Å². The van der Waals surface area contributed by atoms with Crippen LogP contribution in [0.5, 0.6) is 11.5 Å². The molecule has 0 unspecified atom stereocenters. The standard InChI is InChI=1S/C18H18BrFN2O4/c1-2-25-18(24)22-10-9-21-17(23)12-3-8-16(15(20)11-12)26-14-6-4-13(19)5-7-14/h3-8,11H,2,9-10H2,1H3,(H,21,23)(H,22,24). The van der Waals surface area contributed by atoms with Crippen LogP contribution in [0.3, 0.4) is 0 Å². The third-order valence-corrected chi connectivity index (χ3v) is 3.72. The fourth-order valence-corrected chi connectivity index (χ4v) is 2.24. The lowest BCUT2D eigenvalue weighted by molar-refractivity contribution is 0.0951. The third-order valence-electron chi connectivity index (χ3n) is 3.19. The van der Waals surface area contributed by atoms with Gasteiger partial charge in [-0.3, -0.25) is 4.79 Å². The minimum Gasteiger partial charge on any atom is -0.454 e. The smallest absolute Gasteiger partial charge is 0.407 e. The molecule has 0 radical (unpaired) electrons. The Hall–Kier alpha value is -2.61. The molecule has 2 aromatic rings. The number of nitrogens with one attached hydrogen (secondary N) is 2. The molecular formula is C18H18BrFN2O4. The van der Waals surface area contributed by atoms with Crippen molar-refractivity contribution >= 4 is 27.9 Å². The molecule has 0 heterocycles. The maximum absolute atomic E-state index is 14.2. The van der Waals surface area contributed by atoms with Crippen LogP contribution in [0.4, 0.5) is 9.18 Å². The number of amides is 2. The Balaban J connectivity index is 1.88. The van der Waals surface area contributed by atoms with Gasteiger partial charge < -0.3 is 20.1 Å². The summed E-state index contributed by atoms with van der Waals surface area (Å²) in [7, 11) is 0. The molecule has 0 atom stereocenters. The number of hydrogen-bond acceptors (Lipinski definition) is 4. The first-order valence-corrected chi connectivity index (χ1v) is 8.70. The second-order valence-electron chi connectivity index (χ2n) is 5.10. The number of ether oxygens (including phenoxy) is 2. The maximum Gasteiger partial charge on any atom is 0.407 e. The minimum atomic E-state index is -0.648. The van der Waals surface area contributed by atoms with Crippen LogP contribution >= 0.6 is 15.9 Å². The Morgan fingerprint density at radius 3 is 2.42 bits per heavy atom. The number of carbonyl (C=O) groups is 2. The van der Waals surface area contributed by atoms with E-state index < -0.39 is 17.8 Å². The zero-order chi connectivity index (χ0) is 18.9. The highest BCUT2D eigenvalue weighted by Crippen LogP contribution is 2.26. The molecule has 8 heteroatoms. The van der Waals surface area contributed by atoms with Gasteiger partial charge in [0.15, 0.2) is 11.6 Å². The van der Waals surface area contributed by atoms with Gasteiger partial charge in [-0.1, -0.05) is 15.9 Å². The summed E-state index contributed by atoms with van der Waals surface area (Å²) in [5.41, 5.74) is 0.154.